The van der Waals surface area contributed by atoms with Gasteiger partial charge in [0.2, 0.25) is 0 Å². The first-order chi connectivity index (χ1) is 10.9. The number of nitrogens with zero attached hydrogens (tertiary/aromatic N) is 5. The van der Waals surface area contributed by atoms with Crippen LogP contribution in [0.2, 0.25) is 0 Å². The van der Waals surface area contributed by atoms with Crippen LogP contribution in [0.4, 0.5) is 8.78 Å². The van der Waals surface area contributed by atoms with E-state index in [-0.39, 0.29) is 36.3 Å². The lowest BCUT2D eigenvalue weighted by Gasteiger charge is -2.22. The molecule has 0 aliphatic heterocycles. The van der Waals surface area contributed by atoms with Crippen molar-refractivity contribution in [2.75, 3.05) is 14.1 Å². The maximum absolute atomic E-state index is 12.8. The van der Waals surface area contributed by atoms with E-state index < -0.39 is 6.55 Å². The first-order valence-corrected chi connectivity index (χ1v) is 7.74. The summed E-state index contributed by atoms with van der Waals surface area (Å²) in [5, 5.41) is 3.05. The fourth-order valence-corrected chi connectivity index (χ4v) is 2.81. The number of aryl methyl sites for hydroxylation is 1. The fraction of sp³-hybridized carbons (Fsp3) is 0.429. The highest BCUT2D eigenvalue weighted by molar-refractivity contribution is 14.0. The zero-order valence-corrected chi connectivity index (χ0v) is 17.5. The standard InChI is InChI=1S/C14H19BrF2N6.HI/c1-18-14(20-7-12-19-4-5-23(12)13(16)17)22(3)9-11-6-10(15)8-21(11)2;/h4-6,8,13H,7,9H2,1-3H3,(H,18,20);1H. The molecule has 0 aromatic carbocycles. The number of alkyl halides is 2. The van der Waals surface area contributed by atoms with E-state index in [0.717, 1.165) is 14.7 Å². The summed E-state index contributed by atoms with van der Waals surface area (Å²) in [7, 11) is 5.50. The highest BCUT2D eigenvalue weighted by Crippen LogP contribution is 2.15. The number of aromatic nitrogens is 3. The number of nitrogens with one attached hydrogen (secondary N) is 1. The minimum atomic E-state index is -2.60. The number of hydrogen-bond donors (Lipinski definition) is 1. The normalized spacial score (nSPS) is 11.5. The van der Waals surface area contributed by atoms with Gasteiger partial charge in [-0.25, -0.2) is 4.98 Å². The van der Waals surface area contributed by atoms with Gasteiger partial charge in [0.15, 0.2) is 5.96 Å². The lowest BCUT2D eigenvalue weighted by molar-refractivity contribution is 0.0668. The molecule has 2 aromatic rings. The van der Waals surface area contributed by atoms with Gasteiger partial charge in [0, 0.05) is 49.9 Å². The monoisotopic (exact) mass is 516 g/mol. The number of guanidine groups is 1. The summed E-state index contributed by atoms with van der Waals surface area (Å²) in [4.78, 5) is 10.0. The zero-order valence-electron chi connectivity index (χ0n) is 13.6. The molecule has 0 spiro atoms. The maximum Gasteiger partial charge on any atom is 0.319 e. The molecule has 2 aromatic heterocycles. The van der Waals surface area contributed by atoms with Crippen molar-refractivity contribution in [2.24, 2.45) is 12.0 Å². The van der Waals surface area contributed by atoms with Crippen LogP contribution in [0.3, 0.4) is 0 Å². The summed E-state index contributed by atoms with van der Waals surface area (Å²) in [5.41, 5.74) is 1.09. The van der Waals surface area contributed by atoms with Crippen molar-refractivity contribution in [3.05, 3.63) is 40.6 Å². The molecule has 0 aliphatic rings. The highest BCUT2D eigenvalue weighted by Gasteiger charge is 2.13. The van der Waals surface area contributed by atoms with Crippen molar-refractivity contribution >= 4 is 45.9 Å². The average Bonchev–Trinajstić information content (AvgIpc) is 3.06. The Bertz CT molecular complexity index is 685. The van der Waals surface area contributed by atoms with E-state index >= 15 is 0 Å². The van der Waals surface area contributed by atoms with Crippen molar-refractivity contribution in [1.82, 2.24) is 24.3 Å². The van der Waals surface area contributed by atoms with Gasteiger partial charge in [-0.1, -0.05) is 0 Å². The van der Waals surface area contributed by atoms with E-state index in [1.54, 1.807) is 7.05 Å². The first-order valence-electron chi connectivity index (χ1n) is 6.94. The SMILES string of the molecule is CN=C(NCc1nccn1C(F)F)N(C)Cc1cc(Br)cn1C.I. The van der Waals surface area contributed by atoms with Crippen molar-refractivity contribution in [3.63, 3.8) is 0 Å². The second-order valence-electron chi connectivity index (χ2n) is 5.05. The number of hydrogen-bond acceptors (Lipinski definition) is 2. The van der Waals surface area contributed by atoms with E-state index in [2.05, 4.69) is 31.2 Å². The van der Waals surface area contributed by atoms with Gasteiger partial charge >= 0.3 is 6.55 Å². The zero-order chi connectivity index (χ0) is 17.0. The van der Waals surface area contributed by atoms with Gasteiger partial charge in [-0.3, -0.25) is 9.56 Å². The molecule has 0 amide bonds. The smallest absolute Gasteiger partial charge is 0.319 e. The molecule has 6 nitrogen and oxygen atoms in total. The Hall–Kier alpha value is -1.17. The Morgan fingerprint density at radius 3 is 2.75 bits per heavy atom. The molecule has 24 heavy (non-hydrogen) atoms. The summed E-state index contributed by atoms with van der Waals surface area (Å²) in [5.74, 6) is 0.863. The molecule has 0 bridgehead atoms. The molecule has 2 rings (SSSR count). The molecule has 0 atom stereocenters. The van der Waals surface area contributed by atoms with E-state index in [1.807, 2.05) is 35.8 Å². The Balaban J connectivity index is 0.00000288. The molecular weight excluding hydrogens is 497 g/mol. The van der Waals surface area contributed by atoms with Crippen molar-refractivity contribution < 1.29 is 8.78 Å². The van der Waals surface area contributed by atoms with E-state index in [0.29, 0.717) is 12.5 Å². The lowest BCUT2D eigenvalue weighted by Crippen LogP contribution is -2.38. The minimum Gasteiger partial charge on any atom is -0.352 e. The molecule has 0 saturated heterocycles. The Labute approximate surface area is 165 Å². The summed E-state index contributed by atoms with van der Waals surface area (Å²) >= 11 is 3.44. The lowest BCUT2D eigenvalue weighted by atomic mass is 10.4. The largest absolute Gasteiger partial charge is 0.352 e. The molecule has 0 saturated carbocycles. The molecule has 134 valence electrons. The predicted octanol–water partition coefficient (Wildman–Crippen LogP) is 3.20. The van der Waals surface area contributed by atoms with Crippen molar-refractivity contribution in [1.29, 1.82) is 0 Å². The van der Waals surface area contributed by atoms with Gasteiger partial charge in [0.1, 0.15) is 5.82 Å². The minimum absolute atomic E-state index is 0. The summed E-state index contributed by atoms with van der Waals surface area (Å²) in [6.07, 6.45) is 4.59. The van der Waals surface area contributed by atoms with Crippen LogP contribution in [-0.2, 0) is 20.1 Å². The number of halogens is 4. The van der Waals surface area contributed by atoms with Gasteiger partial charge in [0.25, 0.3) is 0 Å². The Morgan fingerprint density at radius 1 is 1.50 bits per heavy atom. The first kappa shape index (κ1) is 20.9. The third-order valence-electron chi connectivity index (χ3n) is 3.41. The van der Waals surface area contributed by atoms with Gasteiger partial charge in [-0.05, 0) is 22.0 Å². The summed E-state index contributed by atoms with van der Waals surface area (Å²) in [6, 6.07) is 2.02. The van der Waals surface area contributed by atoms with Crippen LogP contribution in [0.15, 0.2) is 34.1 Å². The average molecular weight is 517 g/mol. The van der Waals surface area contributed by atoms with Crippen LogP contribution in [0.1, 0.15) is 18.1 Å². The van der Waals surface area contributed by atoms with E-state index in [9.17, 15) is 8.78 Å². The Kier molecular flexibility index (Phi) is 8.13. The molecule has 0 radical (unpaired) electrons. The summed E-state index contributed by atoms with van der Waals surface area (Å²) in [6.45, 7) is -1.80. The quantitative estimate of drug-likeness (QED) is 0.377. The van der Waals surface area contributed by atoms with Crippen LogP contribution >= 0.6 is 39.9 Å². The van der Waals surface area contributed by atoms with Crippen molar-refractivity contribution in [2.45, 2.75) is 19.6 Å². The second kappa shape index (κ2) is 9.35. The molecule has 1 N–H and O–H groups in total. The number of imidazole rings is 1. The van der Waals surface area contributed by atoms with Gasteiger partial charge in [-0.15, -0.1) is 24.0 Å². The van der Waals surface area contributed by atoms with Crippen LogP contribution in [0, 0.1) is 0 Å². The van der Waals surface area contributed by atoms with Gasteiger partial charge in [-0.2, -0.15) is 8.78 Å². The van der Waals surface area contributed by atoms with Crippen molar-refractivity contribution in [3.8, 4) is 0 Å². The third-order valence-corrected chi connectivity index (χ3v) is 3.84. The third kappa shape index (κ3) is 5.16. The Morgan fingerprint density at radius 2 is 2.21 bits per heavy atom. The molecule has 10 heteroatoms. The van der Waals surface area contributed by atoms with Gasteiger partial charge < -0.3 is 14.8 Å². The topological polar surface area (TPSA) is 50.4 Å². The van der Waals surface area contributed by atoms with E-state index in [4.69, 9.17) is 0 Å². The van der Waals surface area contributed by atoms with Crippen LogP contribution < -0.4 is 5.32 Å². The molecule has 0 unspecified atom stereocenters. The van der Waals surface area contributed by atoms with Gasteiger partial charge in [0.05, 0.1) is 13.1 Å². The van der Waals surface area contributed by atoms with E-state index in [1.165, 1.54) is 12.4 Å². The summed E-state index contributed by atoms with van der Waals surface area (Å²) < 4.78 is 29.5. The fourth-order valence-electron chi connectivity index (χ4n) is 2.24. The predicted molar refractivity (Wildman–Crippen MR) is 104 cm³/mol. The van der Waals surface area contributed by atoms with Crippen LogP contribution in [-0.4, -0.2) is 39.1 Å². The molecule has 0 fully saturated rings. The molecule has 2 heterocycles. The molecule has 0 aliphatic carbocycles. The number of rotatable bonds is 5. The molecular formula is C14H20BrF2IN6. The number of aliphatic imine (C=N–C) groups is 1. The highest BCUT2D eigenvalue weighted by atomic mass is 127. The van der Waals surface area contributed by atoms with Crippen LogP contribution in [0.25, 0.3) is 0 Å². The second-order valence-corrected chi connectivity index (χ2v) is 5.96. The maximum atomic E-state index is 12.8. The van der Waals surface area contributed by atoms with Crippen LogP contribution in [0.5, 0.6) is 0 Å².